The maximum atomic E-state index is 5.62. The average molecular weight is 180 g/mol. The first-order chi connectivity index (χ1) is 6.33. The van der Waals surface area contributed by atoms with Crippen LogP contribution in [0.3, 0.4) is 0 Å². The van der Waals surface area contributed by atoms with Crippen molar-refractivity contribution in [1.29, 1.82) is 0 Å². The van der Waals surface area contributed by atoms with Gasteiger partial charge in [0.2, 0.25) is 0 Å². The van der Waals surface area contributed by atoms with E-state index in [2.05, 4.69) is 18.4 Å². The van der Waals surface area contributed by atoms with Crippen LogP contribution < -0.4 is 11.3 Å². The summed E-state index contributed by atoms with van der Waals surface area (Å²) in [5.74, 6) is 7.31. The van der Waals surface area contributed by atoms with Crippen LogP contribution in [-0.2, 0) is 0 Å². The lowest BCUT2D eigenvalue weighted by Gasteiger charge is -2.22. The zero-order valence-electron chi connectivity index (χ0n) is 8.42. The van der Waals surface area contributed by atoms with E-state index in [1.54, 1.807) is 5.57 Å². The van der Waals surface area contributed by atoms with Gasteiger partial charge in [-0.05, 0) is 43.9 Å². The van der Waals surface area contributed by atoms with Crippen molar-refractivity contribution in [3.8, 4) is 0 Å². The van der Waals surface area contributed by atoms with Gasteiger partial charge >= 0.3 is 0 Å². The van der Waals surface area contributed by atoms with Crippen LogP contribution in [0.1, 0.15) is 39.0 Å². The van der Waals surface area contributed by atoms with Crippen molar-refractivity contribution in [3.05, 3.63) is 11.6 Å². The van der Waals surface area contributed by atoms with E-state index in [0.29, 0.717) is 6.04 Å². The Labute approximate surface area is 80.5 Å². The number of nitrogens with one attached hydrogen (secondary N) is 1. The van der Waals surface area contributed by atoms with Gasteiger partial charge in [0, 0.05) is 6.04 Å². The van der Waals surface area contributed by atoms with E-state index < -0.39 is 0 Å². The molecule has 2 aliphatic rings. The minimum Gasteiger partial charge on any atom is -0.271 e. The van der Waals surface area contributed by atoms with Crippen LogP contribution in [0.4, 0.5) is 0 Å². The molecule has 1 saturated carbocycles. The summed E-state index contributed by atoms with van der Waals surface area (Å²) in [4.78, 5) is 0. The molecule has 0 radical (unpaired) electrons. The second kappa shape index (κ2) is 3.81. The maximum absolute atomic E-state index is 5.62. The summed E-state index contributed by atoms with van der Waals surface area (Å²) >= 11 is 0. The third kappa shape index (κ3) is 1.94. The van der Waals surface area contributed by atoms with Crippen LogP contribution in [-0.4, -0.2) is 6.04 Å². The predicted octanol–water partition coefficient (Wildman–Crippen LogP) is 1.97. The number of rotatable bonds is 3. The van der Waals surface area contributed by atoms with Gasteiger partial charge in [-0.1, -0.05) is 18.6 Å². The molecule has 2 aliphatic carbocycles. The quantitative estimate of drug-likeness (QED) is 0.396. The van der Waals surface area contributed by atoms with Crippen molar-refractivity contribution in [2.45, 2.75) is 45.1 Å². The average Bonchev–Trinajstić information content (AvgIpc) is 2.86. The minimum atomic E-state index is 0.482. The van der Waals surface area contributed by atoms with Crippen molar-refractivity contribution in [2.24, 2.45) is 17.7 Å². The van der Waals surface area contributed by atoms with E-state index in [1.807, 2.05) is 0 Å². The van der Waals surface area contributed by atoms with Crippen LogP contribution >= 0.6 is 0 Å². The van der Waals surface area contributed by atoms with E-state index in [9.17, 15) is 0 Å². The third-order valence-corrected chi connectivity index (χ3v) is 3.51. The van der Waals surface area contributed by atoms with Crippen molar-refractivity contribution < 1.29 is 0 Å². The van der Waals surface area contributed by atoms with Gasteiger partial charge in [-0.25, -0.2) is 0 Å². The normalized spacial score (nSPS) is 35.4. The first kappa shape index (κ1) is 9.22. The highest BCUT2D eigenvalue weighted by molar-refractivity contribution is 5.17. The molecule has 1 fully saturated rings. The van der Waals surface area contributed by atoms with E-state index in [4.69, 9.17) is 5.84 Å². The van der Waals surface area contributed by atoms with Crippen LogP contribution in [0.15, 0.2) is 11.6 Å². The Hall–Kier alpha value is -0.340. The number of hydrogen-bond donors (Lipinski definition) is 2. The Kier molecular flexibility index (Phi) is 2.70. The lowest BCUT2D eigenvalue weighted by Crippen LogP contribution is -2.39. The summed E-state index contributed by atoms with van der Waals surface area (Å²) < 4.78 is 0. The molecule has 74 valence electrons. The van der Waals surface area contributed by atoms with E-state index in [1.165, 1.54) is 32.1 Å². The Bertz CT molecular complexity index is 210. The Morgan fingerprint density at radius 2 is 2.31 bits per heavy atom. The number of nitrogens with two attached hydrogens (primary N) is 1. The zero-order valence-corrected chi connectivity index (χ0v) is 8.42. The highest BCUT2D eigenvalue weighted by Gasteiger charge is 2.40. The molecular formula is C11H20N2. The number of hydrazine groups is 1. The summed E-state index contributed by atoms with van der Waals surface area (Å²) in [5, 5.41) is 0. The van der Waals surface area contributed by atoms with E-state index >= 15 is 0 Å². The van der Waals surface area contributed by atoms with Gasteiger partial charge in [0.1, 0.15) is 0 Å². The molecule has 0 amide bonds. The second-order valence-corrected chi connectivity index (χ2v) is 4.55. The summed E-state index contributed by atoms with van der Waals surface area (Å²) in [7, 11) is 0. The van der Waals surface area contributed by atoms with Gasteiger partial charge in [-0.2, -0.15) is 0 Å². The molecule has 0 aromatic carbocycles. The molecule has 3 N–H and O–H groups in total. The molecule has 0 aliphatic heterocycles. The Morgan fingerprint density at radius 3 is 2.77 bits per heavy atom. The largest absolute Gasteiger partial charge is 0.271 e. The summed E-state index contributed by atoms with van der Waals surface area (Å²) in [6.07, 6.45) is 8.99. The molecule has 0 saturated heterocycles. The lowest BCUT2D eigenvalue weighted by molar-refractivity contribution is 0.483. The highest BCUT2D eigenvalue weighted by atomic mass is 15.2. The van der Waals surface area contributed by atoms with Gasteiger partial charge < -0.3 is 0 Å². The molecule has 3 atom stereocenters. The first-order valence-electron chi connectivity index (χ1n) is 5.48. The lowest BCUT2D eigenvalue weighted by atomic mass is 9.91. The van der Waals surface area contributed by atoms with Crippen LogP contribution in [0.5, 0.6) is 0 Å². The molecule has 2 nitrogen and oxygen atoms in total. The van der Waals surface area contributed by atoms with Crippen molar-refractivity contribution in [2.75, 3.05) is 0 Å². The van der Waals surface area contributed by atoms with Gasteiger partial charge in [0.25, 0.3) is 0 Å². The first-order valence-corrected chi connectivity index (χ1v) is 5.48. The molecule has 2 rings (SSSR count). The SMILES string of the molecule is CC1CC1C(NN)C1=CCCCC1. The Balaban J connectivity index is 1.99. The zero-order chi connectivity index (χ0) is 9.26. The van der Waals surface area contributed by atoms with Crippen molar-refractivity contribution in [3.63, 3.8) is 0 Å². The fourth-order valence-electron chi connectivity index (χ4n) is 2.47. The van der Waals surface area contributed by atoms with E-state index in [-0.39, 0.29) is 0 Å². The summed E-state index contributed by atoms with van der Waals surface area (Å²) in [6.45, 7) is 2.32. The molecular weight excluding hydrogens is 160 g/mol. The van der Waals surface area contributed by atoms with Gasteiger partial charge in [-0.3, -0.25) is 11.3 Å². The predicted molar refractivity (Wildman–Crippen MR) is 54.9 cm³/mol. The summed E-state index contributed by atoms with van der Waals surface area (Å²) in [5.41, 5.74) is 4.57. The molecule has 0 heterocycles. The molecule has 13 heavy (non-hydrogen) atoms. The van der Waals surface area contributed by atoms with Gasteiger partial charge in [0.15, 0.2) is 0 Å². The molecule has 2 heteroatoms. The van der Waals surface area contributed by atoms with Crippen molar-refractivity contribution in [1.82, 2.24) is 5.43 Å². The molecule has 0 aromatic rings. The van der Waals surface area contributed by atoms with Crippen LogP contribution in [0.25, 0.3) is 0 Å². The summed E-state index contributed by atoms with van der Waals surface area (Å²) in [6, 6.07) is 0.482. The minimum absolute atomic E-state index is 0.482. The molecule has 0 bridgehead atoms. The second-order valence-electron chi connectivity index (χ2n) is 4.55. The van der Waals surface area contributed by atoms with Crippen molar-refractivity contribution >= 4 is 0 Å². The van der Waals surface area contributed by atoms with Crippen LogP contribution in [0.2, 0.25) is 0 Å². The van der Waals surface area contributed by atoms with Gasteiger partial charge in [-0.15, -0.1) is 0 Å². The van der Waals surface area contributed by atoms with Gasteiger partial charge in [0.05, 0.1) is 0 Å². The topological polar surface area (TPSA) is 38.0 Å². The Morgan fingerprint density at radius 1 is 1.54 bits per heavy atom. The molecule has 0 spiro atoms. The smallest absolute Gasteiger partial charge is 0.0450 e. The maximum Gasteiger partial charge on any atom is 0.0450 e. The third-order valence-electron chi connectivity index (χ3n) is 3.51. The standard InChI is InChI=1S/C11H20N2/c1-8-7-10(8)11(13-12)9-5-3-2-4-6-9/h5,8,10-11,13H,2-4,6-7,12H2,1H3. The van der Waals surface area contributed by atoms with E-state index in [0.717, 1.165) is 11.8 Å². The van der Waals surface area contributed by atoms with Crippen LogP contribution in [0, 0.1) is 11.8 Å². The fraction of sp³-hybridized carbons (Fsp3) is 0.818. The number of allylic oxidation sites excluding steroid dienone is 1. The highest BCUT2D eigenvalue weighted by Crippen LogP contribution is 2.43. The molecule has 3 unspecified atom stereocenters. The monoisotopic (exact) mass is 180 g/mol. The molecule has 0 aromatic heterocycles. The number of hydrogen-bond acceptors (Lipinski definition) is 2. The fourth-order valence-corrected chi connectivity index (χ4v) is 2.47.